The van der Waals surface area contributed by atoms with Gasteiger partial charge < -0.3 is 14.7 Å². The summed E-state index contributed by atoms with van der Waals surface area (Å²) in [5.41, 5.74) is 3.93. The molecule has 172 valence electrons. The van der Waals surface area contributed by atoms with Crippen LogP contribution in [0.2, 0.25) is 0 Å². The summed E-state index contributed by atoms with van der Waals surface area (Å²) in [6.07, 6.45) is 6.76. The van der Waals surface area contributed by atoms with Crippen molar-refractivity contribution in [3.05, 3.63) is 78.2 Å². The molecule has 0 atom stereocenters. The first-order chi connectivity index (χ1) is 16.7. The molecule has 1 aliphatic heterocycles. The molecule has 1 amide bonds. The van der Waals surface area contributed by atoms with Crippen molar-refractivity contribution in [3.8, 4) is 22.8 Å². The highest BCUT2D eigenvalue weighted by Crippen LogP contribution is 2.32. The second kappa shape index (κ2) is 9.82. The second-order valence-corrected chi connectivity index (χ2v) is 8.50. The molecule has 0 bridgehead atoms. The van der Waals surface area contributed by atoms with Crippen LogP contribution in [0, 0.1) is 12.8 Å². The van der Waals surface area contributed by atoms with Gasteiger partial charge in [0.2, 0.25) is 11.7 Å². The highest BCUT2D eigenvalue weighted by atomic mass is 16.5. The molecule has 4 aromatic rings. The molecule has 1 saturated heterocycles. The molecular weight excluding hydrogens is 428 g/mol. The van der Waals surface area contributed by atoms with Crippen molar-refractivity contribution in [3.63, 3.8) is 0 Å². The van der Waals surface area contributed by atoms with Crippen molar-refractivity contribution in [1.82, 2.24) is 25.4 Å². The highest BCUT2D eigenvalue weighted by Gasteiger charge is 2.27. The molecule has 3 aromatic heterocycles. The summed E-state index contributed by atoms with van der Waals surface area (Å²) < 4.78 is 5.60. The average Bonchev–Trinajstić information content (AvgIpc) is 3.39. The minimum absolute atomic E-state index is 0.0122. The van der Waals surface area contributed by atoms with Gasteiger partial charge in [-0.3, -0.25) is 9.78 Å². The number of carbonyl (C=O) groups is 1. The molecule has 4 heterocycles. The van der Waals surface area contributed by atoms with Crippen LogP contribution < -0.4 is 10.2 Å². The van der Waals surface area contributed by atoms with E-state index >= 15 is 0 Å². The van der Waals surface area contributed by atoms with Gasteiger partial charge in [-0.1, -0.05) is 35.0 Å². The Bertz CT molecular complexity index is 1250. The van der Waals surface area contributed by atoms with Gasteiger partial charge in [-0.05, 0) is 49.6 Å². The summed E-state index contributed by atoms with van der Waals surface area (Å²) in [6, 6.07) is 15.7. The molecule has 0 radical (unpaired) electrons. The largest absolute Gasteiger partial charge is 0.356 e. The predicted molar refractivity (Wildman–Crippen MR) is 129 cm³/mol. The number of anilines is 1. The predicted octanol–water partition coefficient (Wildman–Crippen LogP) is 4.03. The van der Waals surface area contributed by atoms with Crippen LogP contribution in [0.3, 0.4) is 0 Å². The molecule has 34 heavy (non-hydrogen) atoms. The summed E-state index contributed by atoms with van der Waals surface area (Å²) in [4.78, 5) is 28.1. The maximum atomic E-state index is 12.7. The van der Waals surface area contributed by atoms with Crippen LogP contribution in [-0.2, 0) is 11.3 Å². The number of nitrogens with zero attached hydrogens (tertiary/aromatic N) is 5. The zero-order chi connectivity index (χ0) is 23.3. The molecule has 0 aliphatic carbocycles. The lowest BCUT2D eigenvalue weighted by molar-refractivity contribution is -0.125. The van der Waals surface area contributed by atoms with Gasteiger partial charge >= 0.3 is 0 Å². The van der Waals surface area contributed by atoms with Crippen LogP contribution in [0.5, 0.6) is 0 Å². The SMILES string of the molecule is Cc1ccc(-c2noc(-c3cccnc3N3CCC(C(=O)NCc4ccncc4)CC3)n2)cc1. The Labute approximate surface area is 198 Å². The molecule has 0 saturated carbocycles. The van der Waals surface area contributed by atoms with E-state index in [1.165, 1.54) is 5.56 Å². The van der Waals surface area contributed by atoms with Gasteiger partial charge in [0.15, 0.2) is 0 Å². The maximum absolute atomic E-state index is 12.7. The first-order valence-electron chi connectivity index (χ1n) is 11.4. The van der Waals surface area contributed by atoms with Crippen molar-refractivity contribution in [1.29, 1.82) is 0 Å². The number of carbonyl (C=O) groups excluding carboxylic acids is 1. The lowest BCUT2D eigenvalue weighted by Gasteiger charge is -2.32. The first kappa shape index (κ1) is 21.8. The normalized spacial score (nSPS) is 14.2. The number of rotatable bonds is 6. The van der Waals surface area contributed by atoms with Gasteiger partial charge in [0.25, 0.3) is 5.89 Å². The number of hydrogen-bond donors (Lipinski definition) is 1. The van der Waals surface area contributed by atoms with Gasteiger partial charge in [0, 0.05) is 49.7 Å². The van der Waals surface area contributed by atoms with E-state index in [0.29, 0.717) is 18.3 Å². The van der Waals surface area contributed by atoms with Gasteiger partial charge in [0.05, 0.1) is 5.56 Å². The number of aryl methyl sites for hydroxylation is 1. The first-order valence-corrected chi connectivity index (χ1v) is 11.4. The zero-order valence-electron chi connectivity index (χ0n) is 19.0. The third-order valence-corrected chi connectivity index (χ3v) is 6.13. The fourth-order valence-corrected chi connectivity index (χ4v) is 4.16. The van der Waals surface area contributed by atoms with Crippen LogP contribution in [0.4, 0.5) is 5.82 Å². The Morgan fingerprint density at radius 1 is 1.06 bits per heavy atom. The summed E-state index contributed by atoms with van der Waals surface area (Å²) in [6.45, 7) is 4.03. The smallest absolute Gasteiger partial charge is 0.261 e. The van der Waals surface area contributed by atoms with E-state index in [9.17, 15) is 4.79 Å². The van der Waals surface area contributed by atoms with Crippen molar-refractivity contribution in [2.45, 2.75) is 26.3 Å². The zero-order valence-corrected chi connectivity index (χ0v) is 19.0. The van der Waals surface area contributed by atoms with Crippen molar-refractivity contribution in [2.75, 3.05) is 18.0 Å². The Morgan fingerprint density at radius 2 is 1.82 bits per heavy atom. The van der Waals surface area contributed by atoms with E-state index in [1.54, 1.807) is 18.6 Å². The number of piperidine rings is 1. The molecule has 1 aliphatic rings. The summed E-state index contributed by atoms with van der Waals surface area (Å²) in [7, 11) is 0. The fourth-order valence-electron chi connectivity index (χ4n) is 4.16. The van der Waals surface area contributed by atoms with Crippen molar-refractivity contribution < 1.29 is 9.32 Å². The number of nitrogens with one attached hydrogen (secondary N) is 1. The summed E-state index contributed by atoms with van der Waals surface area (Å²) >= 11 is 0. The molecule has 0 unspecified atom stereocenters. The topological polar surface area (TPSA) is 97.0 Å². The molecule has 1 N–H and O–H groups in total. The van der Waals surface area contributed by atoms with E-state index in [-0.39, 0.29) is 11.8 Å². The Balaban J connectivity index is 1.25. The van der Waals surface area contributed by atoms with E-state index in [4.69, 9.17) is 4.52 Å². The van der Waals surface area contributed by atoms with Gasteiger partial charge in [0.1, 0.15) is 5.82 Å². The number of aromatic nitrogens is 4. The molecule has 8 nitrogen and oxygen atoms in total. The third-order valence-electron chi connectivity index (χ3n) is 6.13. The molecule has 5 rings (SSSR count). The molecule has 1 fully saturated rings. The minimum Gasteiger partial charge on any atom is -0.356 e. The number of benzene rings is 1. The van der Waals surface area contributed by atoms with Crippen molar-refractivity contribution >= 4 is 11.7 Å². The molecule has 0 spiro atoms. The highest BCUT2D eigenvalue weighted by molar-refractivity contribution is 5.79. The van der Waals surface area contributed by atoms with Crippen LogP contribution in [0.1, 0.15) is 24.0 Å². The second-order valence-electron chi connectivity index (χ2n) is 8.50. The lowest BCUT2D eigenvalue weighted by atomic mass is 9.95. The average molecular weight is 455 g/mol. The van der Waals surface area contributed by atoms with E-state index in [0.717, 1.165) is 48.4 Å². The van der Waals surface area contributed by atoms with Crippen LogP contribution in [0.25, 0.3) is 22.8 Å². The Hall–Kier alpha value is -4.07. The van der Waals surface area contributed by atoms with Gasteiger partial charge in [-0.15, -0.1) is 0 Å². The molecule has 8 heteroatoms. The van der Waals surface area contributed by atoms with Crippen LogP contribution in [0.15, 0.2) is 71.6 Å². The standard InChI is InChI=1S/C26H26N6O2/c1-18-4-6-20(7-5-18)23-30-26(34-31-23)22-3-2-12-28-24(22)32-15-10-21(11-16-32)25(33)29-17-19-8-13-27-14-9-19/h2-9,12-14,21H,10-11,15-17H2,1H3,(H,29,33). The van der Waals surface area contributed by atoms with E-state index < -0.39 is 0 Å². The van der Waals surface area contributed by atoms with Crippen LogP contribution >= 0.6 is 0 Å². The molecular formula is C26H26N6O2. The summed E-state index contributed by atoms with van der Waals surface area (Å²) in [5.74, 6) is 1.88. The van der Waals surface area contributed by atoms with Gasteiger partial charge in [-0.25, -0.2) is 4.98 Å². The van der Waals surface area contributed by atoms with Gasteiger partial charge in [-0.2, -0.15) is 4.98 Å². The number of amides is 1. The Kier molecular flexibility index (Phi) is 6.29. The van der Waals surface area contributed by atoms with E-state index in [2.05, 4.69) is 30.3 Å². The summed E-state index contributed by atoms with van der Waals surface area (Å²) in [5, 5.41) is 7.22. The number of hydrogen-bond acceptors (Lipinski definition) is 7. The lowest BCUT2D eigenvalue weighted by Crippen LogP contribution is -2.40. The molecule has 1 aromatic carbocycles. The monoisotopic (exact) mass is 454 g/mol. The van der Waals surface area contributed by atoms with E-state index in [1.807, 2.05) is 55.5 Å². The maximum Gasteiger partial charge on any atom is 0.261 e. The third kappa shape index (κ3) is 4.80. The van der Waals surface area contributed by atoms with Crippen LogP contribution in [-0.4, -0.2) is 39.1 Å². The number of pyridine rings is 2. The fraction of sp³-hybridized carbons (Fsp3) is 0.269. The quantitative estimate of drug-likeness (QED) is 0.470. The van der Waals surface area contributed by atoms with Crippen molar-refractivity contribution in [2.24, 2.45) is 5.92 Å². The Morgan fingerprint density at radius 3 is 2.59 bits per heavy atom. The minimum atomic E-state index is -0.0122.